The summed E-state index contributed by atoms with van der Waals surface area (Å²) in [5.74, 6) is -0.169. The Labute approximate surface area is 106 Å². The van der Waals surface area contributed by atoms with Crippen molar-refractivity contribution in [2.45, 2.75) is 19.4 Å². The summed E-state index contributed by atoms with van der Waals surface area (Å²) in [5, 5.41) is 9.25. The Morgan fingerprint density at radius 1 is 1.44 bits per heavy atom. The number of sulfone groups is 1. The molecule has 0 aliphatic carbocycles. The van der Waals surface area contributed by atoms with E-state index >= 15 is 0 Å². The lowest BCUT2D eigenvalue weighted by Gasteiger charge is -2.09. The summed E-state index contributed by atoms with van der Waals surface area (Å²) >= 11 is 0. The van der Waals surface area contributed by atoms with Crippen LogP contribution in [-0.4, -0.2) is 32.1 Å². The van der Waals surface area contributed by atoms with Gasteiger partial charge in [-0.25, -0.2) is 12.8 Å². The highest BCUT2D eigenvalue weighted by Gasteiger charge is 2.09. The largest absolute Gasteiger partial charge is 0.493 e. The minimum Gasteiger partial charge on any atom is -0.493 e. The molecule has 0 aliphatic rings. The van der Waals surface area contributed by atoms with Crippen molar-refractivity contribution in [2.24, 2.45) is 0 Å². The van der Waals surface area contributed by atoms with Crippen molar-refractivity contribution in [3.05, 3.63) is 29.6 Å². The first-order chi connectivity index (χ1) is 8.29. The van der Waals surface area contributed by atoms with Crippen LogP contribution in [0, 0.1) is 5.82 Å². The van der Waals surface area contributed by atoms with Crippen molar-refractivity contribution in [1.82, 2.24) is 0 Å². The van der Waals surface area contributed by atoms with Crippen LogP contribution in [0.15, 0.2) is 18.2 Å². The average molecular weight is 276 g/mol. The normalized spacial score (nSPS) is 13.3. The van der Waals surface area contributed by atoms with E-state index in [1.807, 2.05) is 0 Å². The molecule has 0 bridgehead atoms. The number of aliphatic hydroxyl groups is 1. The summed E-state index contributed by atoms with van der Waals surface area (Å²) in [7, 11) is -2.99. The highest BCUT2D eigenvalue weighted by molar-refractivity contribution is 7.90. The van der Waals surface area contributed by atoms with Gasteiger partial charge in [0.15, 0.2) is 0 Å². The van der Waals surface area contributed by atoms with Crippen LogP contribution in [0.2, 0.25) is 0 Å². The highest BCUT2D eigenvalue weighted by Crippen LogP contribution is 2.21. The summed E-state index contributed by atoms with van der Waals surface area (Å²) in [6, 6.07) is 4.18. The van der Waals surface area contributed by atoms with Crippen LogP contribution in [0.4, 0.5) is 4.39 Å². The molecule has 0 fully saturated rings. The van der Waals surface area contributed by atoms with Crippen LogP contribution in [0.5, 0.6) is 5.75 Å². The Morgan fingerprint density at radius 3 is 2.61 bits per heavy atom. The first kappa shape index (κ1) is 14.9. The van der Waals surface area contributed by atoms with Gasteiger partial charge in [0, 0.05) is 17.9 Å². The number of halogens is 1. The zero-order valence-corrected chi connectivity index (χ0v) is 11.2. The second kappa shape index (κ2) is 6.15. The van der Waals surface area contributed by atoms with Gasteiger partial charge in [-0.2, -0.15) is 0 Å². The van der Waals surface area contributed by atoms with Gasteiger partial charge in [0.05, 0.1) is 18.5 Å². The second-order valence-corrected chi connectivity index (χ2v) is 6.45. The molecule has 1 atom stereocenters. The number of hydrogen-bond donors (Lipinski definition) is 1. The fourth-order valence-corrected chi connectivity index (χ4v) is 2.09. The molecule has 0 saturated heterocycles. The van der Waals surface area contributed by atoms with E-state index < -0.39 is 21.8 Å². The molecule has 0 amide bonds. The predicted molar refractivity (Wildman–Crippen MR) is 66.9 cm³/mol. The van der Waals surface area contributed by atoms with E-state index in [-0.39, 0.29) is 17.9 Å². The zero-order valence-electron chi connectivity index (χ0n) is 10.4. The third-order valence-electron chi connectivity index (χ3n) is 2.35. The van der Waals surface area contributed by atoms with Crippen LogP contribution in [0.3, 0.4) is 0 Å². The maximum atomic E-state index is 13.5. The van der Waals surface area contributed by atoms with Crippen LogP contribution in [0.1, 0.15) is 25.0 Å². The van der Waals surface area contributed by atoms with Crippen molar-refractivity contribution in [3.63, 3.8) is 0 Å². The van der Waals surface area contributed by atoms with E-state index in [0.717, 1.165) is 6.26 Å². The molecule has 1 rings (SSSR count). The Balaban J connectivity index is 2.52. The molecular formula is C12H17FO4S. The van der Waals surface area contributed by atoms with Crippen LogP contribution >= 0.6 is 0 Å². The third kappa shape index (κ3) is 5.01. The Hall–Kier alpha value is -1.14. The topological polar surface area (TPSA) is 63.6 Å². The number of aliphatic hydroxyl groups excluding tert-OH is 1. The molecule has 0 heterocycles. The second-order valence-electron chi connectivity index (χ2n) is 4.19. The smallest absolute Gasteiger partial charge is 0.147 e. The fourth-order valence-electron chi connectivity index (χ4n) is 1.45. The monoisotopic (exact) mass is 276 g/mol. The number of hydrogen-bond acceptors (Lipinski definition) is 4. The van der Waals surface area contributed by atoms with Gasteiger partial charge >= 0.3 is 0 Å². The van der Waals surface area contributed by atoms with Gasteiger partial charge in [0.25, 0.3) is 0 Å². The van der Waals surface area contributed by atoms with Gasteiger partial charge in [-0.15, -0.1) is 0 Å². The molecule has 4 nitrogen and oxygen atoms in total. The molecule has 0 unspecified atom stereocenters. The Bertz CT molecular complexity index is 497. The molecule has 0 radical (unpaired) electrons. The van der Waals surface area contributed by atoms with Crippen LogP contribution in [-0.2, 0) is 9.84 Å². The highest BCUT2D eigenvalue weighted by atomic mass is 32.2. The van der Waals surface area contributed by atoms with Gasteiger partial charge < -0.3 is 9.84 Å². The quantitative estimate of drug-likeness (QED) is 0.803. The minimum absolute atomic E-state index is 0.0429. The van der Waals surface area contributed by atoms with E-state index in [1.165, 1.54) is 19.1 Å². The Morgan fingerprint density at radius 2 is 2.11 bits per heavy atom. The standard InChI is InChI=1S/C12H17FO4S/c1-9(14)11-5-4-10(8-12(11)13)17-6-3-7-18(2,15)16/h4-5,8-9,14H,3,6-7H2,1-2H3/t9-/m1/s1. The first-order valence-electron chi connectivity index (χ1n) is 5.57. The van der Waals surface area contributed by atoms with Crippen molar-refractivity contribution >= 4 is 9.84 Å². The van der Waals surface area contributed by atoms with Gasteiger partial charge in [0.2, 0.25) is 0 Å². The lowest BCUT2D eigenvalue weighted by Crippen LogP contribution is -2.08. The zero-order chi connectivity index (χ0) is 13.8. The average Bonchev–Trinajstić information content (AvgIpc) is 2.22. The molecule has 0 saturated carbocycles. The summed E-state index contributed by atoms with van der Waals surface area (Å²) in [5.41, 5.74) is 0.207. The molecule has 1 aromatic rings. The predicted octanol–water partition coefficient (Wildman–Crippen LogP) is 1.69. The molecule has 6 heteroatoms. The lowest BCUT2D eigenvalue weighted by atomic mass is 10.1. The fraction of sp³-hybridized carbons (Fsp3) is 0.500. The summed E-state index contributed by atoms with van der Waals surface area (Å²) in [6.07, 6.45) is 0.646. The molecule has 102 valence electrons. The lowest BCUT2D eigenvalue weighted by molar-refractivity contribution is 0.194. The summed E-state index contributed by atoms with van der Waals surface area (Å²) in [4.78, 5) is 0. The van der Waals surface area contributed by atoms with Crippen molar-refractivity contribution in [2.75, 3.05) is 18.6 Å². The number of benzene rings is 1. The van der Waals surface area contributed by atoms with Crippen molar-refractivity contribution in [1.29, 1.82) is 0 Å². The van der Waals surface area contributed by atoms with E-state index in [0.29, 0.717) is 12.2 Å². The van der Waals surface area contributed by atoms with E-state index in [1.54, 1.807) is 6.07 Å². The first-order valence-corrected chi connectivity index (χ1v) is 7.63. The van der Waals surface area contributed by atoms with Gasteiger partial charge in [-0.3, -0.25) is 0 Å². The van der Waals surface area contributed by atoms with E-state index in [9.17, 15) is 17.9 Å². The van der Waals surface area contributed by atoms with Crippen molar-refractivity contribution < 1.29 is 22.7 Å². The number of ether oxygens (including phenoxy) is 1. The molecular weight excluding hydrogens is 259 g/mol. The number of rotatable bonds is 6. The molecule has 0 aliphatic heterocycles. The minimum atomic E-state index is -2.99. The van der Waals surface area contributed by atoms with Crippen molar-refractivity contribution in [3.8, 4) is 5.75 Å². The summed E-state index contributed by atoms with van der Waals surface area (Å²) in [6.45, 7) is 1.69. The SMILES string of the molecule is C[C@@H](O)c1ccc(OCCCS(C)(=O)=O)cc1F. The molecule has 0 spiro atoms. The van der Waals surface area contributed by atoms with Crippen LogP contribution in [0.25, 0.3) is 0 Å². The molecule has 0 aromatic heterocycles. The Kier molecular flexibility index (Phi) is 5.10. The maximum absolute atomic E-state index is 13.5. The summed E-state index contributed by atoms with van der Waals surface area (Å²) < 4.78 is 40.4. The van der Waals surface area contributed by atoms with Gasteiger partial charge in [0.1, 0.15) is 21.4 Å². The maximum Gasteiger partial charge on any atom is 0.147 e. The van der Waals surface area contributed by atoms with E-state index in [4.69, 9.17) is 4.74 Å². The van der Waals surface area contributed by atoms with Gasteiger partial charge in [-0.05, 0) is 25.5 Å². The molecule has 1 N–H and O–H groups in total. The molecule has 18 heavy (non-hydrogen) atoms. The third-order valence-corrected chi connectivity index (χ3v) is 3.38. The van der Waals surface area contributed by atoms with Crippen LogP contribution < -0.4 is 4.74 Å². The van der Waals surface area contributed by atoms with Gasteiger partial charge in [-0.1, -0.05) is 0 Å². The molecule has 1 aromatic carbocycles. The van der Waals surface area contributed by atoms with E-state index in [2.05, 4.69) is 0 Å².